The molecule has 3 nitrogen and oxygen atoms in total. The predicted octanol–water partition coefficient (Wildman–Crippen LogP) is 3.74. The lowest BCUT2D eigenvalue weighted by atomic mass is 9.79. The lowest BCUT2D eigenvalue weighted by Crippen LogP contribution is -2.32. The Balaban J connectivity index is 1.85. The van der Waals surface area contributed by atoms with Gasteiger partial charge in [0.05, 0.1) is 7.11 Å². The minimum atomic E-state index is 0.145. The summed E-state index contributed by atoms with van der Waals surface area (Å²) in [5.41, 5.74) is 7.60. The van der Waals surface area contributed by atoms with Crippen molar-refractivity contribution < 1.29 is 9.47 Å². The highest BCUT2D eigenvalue weighted by Gasteiger charge is 2.35. The molecule has 1 aliphatic heterocycles. The van der Waals surface area contributed by atoms with Gasteiger partial charge in [0.25, 0.3) is 0 Å². The Labute approximate surface area is 137 Å². The largest absolute Gasteiger partial charge is 0.493 e. The van der Waals surface area contributed by atoms with Crippen molar-refractivity contribution in [2.75, 3.05) is 25.2 Å². The molecule has 1 saturated heterocycles. The highest BCUT2D eigenvalue weighted by Crippen LogP contribution is 2.43. The maximum Gasteiger partial charge on any atom is 0.161 e. The molecule has 1 aliphatic carbocycles. The van der Waals surface area contributed by atoms with Gasteiger partial charge in [0.2, 0.25) is 0 Å². The second-order valence-corrected chi connectivity index (χ2v) is 7.66. The zero-order chi connectivity index (χ0) is 15.4. The van der Waals surface area contributed by atoms with E-state index in [0.29, 0.717) is 6.10 Å². The standard InChI is InChI=1S/C18H27NO2S/c1-20-16-7-6-14(18(13-19)8-2-3-9-18)11-17(16)21-15-5-4-10-22-12-15/h6-7,11,15H,2-5,8-10,12-13,19H2,1H3. The van der Waals surface area contributed by atoms with Crippen LogP contribution in [0.25, 0.3) is 0 Å². The lowest BCUT2D eigenvalue weighted by molar-refractivity contribution is 0.201. The summed E-state index contributed by atoms with van der Waals surface area (Å²) < 4.78 is 11.8. The number of hydrogen-bond donors (Lipinski definition) is 1. The van der Waals surface area contributed by atoms with E-state index < -0.39 is 0 Å². The van der Waals surface area contributed by atoms with Gasteiger partial charge >= 0.3 is 0 Å². The molecule has 1 aromatic carbocycles. The molecule has 3 rings (SSSR count). The Morgan fingerprint density at radius 1 is 1.23 bits per heavy atom. The molecular formula is C18H27NO2S. The SMILES string of the molecule is COc1ccc(C2(CN)CCCC2)cc1OC1CCCSC1. The van der Waals surface area contributed by atoms with Crippen molar-refractivity contribution in [3.05, 3.63) is 23.8 Å². The maximum atomic E-state index is 6.28. The predicted molar refractivity (Wildman–Crippen MR) is 93.2 cm³/mol. The topological polar surface area (TPSA) is 44.5 Å². The third kappa shape index (κ3) is 3.23. The van der Waals surface area contributed by atoms with Crippen LogP contribution < -0.4 is 15.2 Å². The Bertz CT molecular complexity index is 494. The van der Waals surface area contributed by atoms with Crippen molar-refractivity contribution in [2.24, 2.45) is 5.73 Å². The first kappa shape index (κ1) is 16.0. The van der Waals surface area contributed by atoms with Crippen LogP contribution in [0.3, 0.4) is 0 Å². The Morgan fingerprint density at radius 3 is 2.68 bits per heavy atom. The fourth-order valence-corrected chi connectivity index (χ4v) is 4.78. The minimum Gasteiger partial charge on any atom is -0.493 e. The fraction of sp³-hybridized carbons (Fsp3) is 0.667. The molecule has 1 saturated carbocycles. The van der Waals surface area contributed by atoms with Crippen molar-refractivity contribution in [1.29, 1.82) is 0 Å². The first-order valence-electron chi connectivity index (χ1n) is 8.40. The van der Waals surface area contributed by atoms with E-state index >= 15 is 0 Å². The van der Waals surface area contributed by atoms with Gasteiger partial charge in [-0.25, -0.2) is 0 Å². The van der Waals surface area contributed by atoms with E-state index in [4.69, 9.17) is 15.2 Å². The van der Waals surface area contributed by atoms with Gasteiger partial charge < -0.3 is 15.2 Å². The molecule has 0 aromatic heterocycles. The average molecular weight is 321 g/mol. The Kier molecular flexibility index (Phi) is 5.19. The molecule has 1 aromatic rings. The molecule has 0 bridgehead atoms. The maximum absolute atomic E-state index is 6.28. The van der Waals surface area contributed by atoms with Gasteiger partial charge in [0.1, 0.15) is 6.10 Å². The average Bonchev–Trinajstić information content (AvgIpc) is 3.06. The molecule has 0 spiro atoms. The molecular weight excluding hydrogens is 294 g/mol. The van der Waals surface area contributed by atoms with E-state index in [1.54, 1.807) is 7.11 Å². The van der Waals surface area contributed by atoms with Crippen LogP contribution in [-0.4, -0.2) is 31.3 Å². The molecule has 2 aliphatic rings. The molecule has 0 amide bonds. The summed E-state index contributed by atoms with van der Waals surface area (Å²) in [4.78, 5) is 0. The highest BCUT2D eigenvalue weighted by molar-refractivity contribution is 7.99. The number of ether oxygens (including phenoxy) is 2. The van der Waals surface area contributed by atoms with Crippen LogP contribution in [0.15, 0.2) is 18.2 Å². The van der Waals surface area contributed by atoms with Gasteiger partial charge in [0.15, 0.2) is 11.5 Å². The monoisotopic (exact) mass is 321 g/mol. The molecule has 1 atom stereocenters. The van der Waals surface area contributed by atoms with E-state index in [-0.39, 0.29) is 5.41 Å². The van der Waals surface area contributed by atoms with E-state index in [9.17, 15) is 0 Å². The number of hydrogen-bond acceptors (Lipinski definition) is 4. The van der Waals surface area contributed by atoms with Crippen molar-refractivity contribution >= 4 is 11.8 Å². The molecule has 22 heavy (non-hydrogen) atoms. The third-order valence-electron chi connectivity index (χ3n) is 5.14. The summed E-state index contributed by atoms with van der Waals surface area (Å²) in [5.74, 6) is 4.07. The zero-order valence-corrected chi connectivity index (χ0v) is 14.3. The van der Waals surface area contributed by atoms with Gasteiger partial charge in [-0.3, -0.25) is 0 Å². The summed E-state index contributed by atoms with van der Waals surface area (Å²) in [6.45, 7) is 0.720. The molecule has 2 fully saturated rings. The molecule has 2 N–H and O–H groups in total. The second-order valence-electron chi connectivity index (χ2n) is 6.51. The van der Waals surface area contributed by atoms with Crippen LogP contribution in [0.5, 0.6) is 11.5 Å². The van der Waals surface area contributed by atoms with Crippen LogP contribution in [-0.2, 0) is 5.41 Å². The van der Waals surface area contributed by atoms with Crippen molar-refractivity contribution in [2.45, 2.75) is 50.0 Å². The molecule has 1 unspecified atom stereocenters. The number of benzene rings is 1. The van der Waals surface area contributed by atoms with Crippen LogP contribution in [0, 0.1) is 0 Å². The summed E-state index contributed by atoms with van der Waals surface area (Å²) in [7, 11) is 1.71. The second kappa shape index (κ2) is 7.14. The summed E-state index contributed by atoms with van der Waals surface area (Å²) >= 11 is 1.98. The van der Waals surface area contributed by atoms with Crippen molar-refractivity contribution in [3.8, 4) is 11.5 Å². The van der Waals surface area contributed by atoms with Gasteiger partial charge in [-0.1, -0.05) is 18.9 Å². The van der Waals surface area contributed by atoms with Crippen LogP contribution in [0.4, 0.5) is 0 Å². The van der Waals surface area contributed by atoms with Crippen molar-refractivity contribution in [3.63, 3.8) is 0 Å². The van der Waals surface area contributed by atoms with Crippen LogP contribution >= 0.6 is 11.8 Å². The van der Waals surface area contributed by atoms with Crippen molar-refractivity contribution in [1.82, 2.24) is 0 Å². The van der Waals surface area contributed by atoms with E-state index in [0.717, 1.165) is 30.2 Å². The molecule has 122 valence electrons. The molecule has 1 heterocycles. The number of methoxy groups -OCH3 is 1. The quantitative estimate of drug-likeness (QED) is 0.897. The van der Waals surface area contributed by atoms with Gasteiger partial charge in [-0.2, -0.15) is 11.8 Å². The Hall–Kier alpha value is -0.870. The summed E-state index contributed by atoms with van der Waals surface area (Å²) in [5, 5.41) is 0. The lowest BCUT2D eigenvalue weighted by Gasteiger charge is -2.30. The van der Waals surface area contributed by atoms with Crippen LogP contribution in [0.1, 0.15) is 44.1 Å². The normalized spacial score (nSPS) is 24.2. The highest BCUT2D eigenvalue weighted by atomic mass is 32.2. The smallest absolute Gasteiger partial charge is 0.161 e. The fourth-order valence-electron chi connectivity index (χ4n) is 3.74. The van der Waals surface area contributed by atoms with Gasteiger partial charge in [-0.05, 0) is 49.1 Å². The molecule has 0 radical (unpaired) electrons. The Morgan fingerprint density at radius 2 is 2.05 bits per heavy atom. The summed E-state index contributed by atoms with van der Waals surface area (Å²) in [6, 6.07) is 6.42. The first-order valence-corrected chi connectivity index (χ1v) is 9.56. The zero-order valence-electron chi connectivity index (χ0n) is 13.5. The third-order valence-corrected chi connectivity index (χ3v) is 6.32. The summed E-state index contributed by atoms with van der Waals surface area (Å²) in [6.07, 6.45) is 7.62. The van der Waals surface area contributed by atoms with Gasteiger partial charge in [0, 0.05) is 17.7 Å². The first-order chi connectivity index (χ1) is 10.8. The number of nitrogens with two attached hydrogens (primary N) is 1. The van der Waals surface area contributed by atoms with E-state index in [1.807, 2.05) is 11.8 Å². The molecule has 4 heteroatoms. The van der Waals surface area contributed by atoms with E-state index in [2.05, 4.69) is 18.2 Å². The minimum absolute atomic E-state index is 0.145. The number of rotatable bonds is 5. The number of thioether (sulfide) groups is 1. The van der Waals surface area contributed by atoms with Crippen LogP contribution in [0.2, 0.25) is 0 Å². The van der Waals surface area contributed by atoms with Gasteiger partial charge in [-0.15, -0.1) is 0 Å². The van der Waals surface area contributed by atoms with E-state index in [1.165, 1.54) is 43.4 Å².